The van der Waals surface area contributed by atoms with Crippen LogP contribution in [0.4, 0.5) is 5.82 Å². The summed E-state index contributed by atoms with van der Waals surface area (Å²) in [5.41, 5.74) is 1.19. The minimum Gasteiger partial charge on any atom is -0.381 e. The van der Waals surface area contributed by atoms with Crippen LogP contribution in [0.25, 0.3) is 0 Å². The molecule has 0 saturated carbocycles. The van der Waals surface area contributed by atoms with Gasteiger partial charge in [-0.1, -0.05) is 0 Å². The van der Waals surface area contributed by atoms with E-state index in [9.17, 15) is 0 Å². The number of nitrogens with one attached hydrogen (secondary N) is 1. The second-order valence-corrected chi connectivity index (χ2v) is 5.93. The summed E-state index contributed by atoms with van der Waals surface area (Å²) in [5.74, 6) is 2.48. The molecule has 0 spiro atoms. The molecule has 0 aliphatic carbocycles. The molecule has 0 bridgehead atoms. The van der Waals surface area contributed by atoms with Crippen molar-refractivity contribution in [3.63, 3.8) is 0 Å². The molecule has 6 nitrogen and oxygen atoms in total. The summed E-state index contributed by atoms with van der Waals surface area (Å²) in [5, 5.41) is 3.41. The predicted octanol–water partition coefficient (Wildman–Crippen LogP) is 1.19. The highest BCUT2D eigenvalue weighted by atomic mass is 16.5. The third-order valence-corrected chi connectivity index (χ3v) is 3.85. The van der Waals surface area contributed by atoms with Crippen molar-refractivity contribution in [3.8, 4) is 0 Å². The molecule has 1 N–H and O–H groups in total. The number of nitrogens with zero attached hydrogens (tertiary/aromatic N) is 4. The number of rotatable bonds is 5. The minimum absolute atomic E-state index is 0.602. The first kappa shape index (κ1) is 16.5. The molecule has 1 aliphatic heterocycles. The zero-order chi connectivity index (χ0) is 15.9. The topological polar surface area (TPSA) is 53.0 Å². The van der Waals surface area contributed by atoms with Crippen LogP contribution in [-0.4, -0.2) is 63.8 Å². The fraction of sp³-hybridized carbons (Fsp3) is 0.625. The van der Waals surface area contributed by atoms with Crippen molar-refractivity contribution in [1.82, 2.24) is 15.2 Å². The number of ether oxygens (including phenoxy) is 1. The number of hydrogen-bond donors (Lipinski definition) is 1. The maximum atomic E-state index is 5.44. The van der Waals surface area contributed by atoms with E-state index in [1.165, 1.54) is 5.56 Å². The zero-order valence-electron chi connectivity index (χ0n) is 14.0. The largest absolute Gasteiger partial charge is 0.381 e. The third-order valence-electron chi connectivity index (χ3n) is 3.85. The molecule has 1 unspecified atom stereocenters. The fourth-order valence-electron chi connectivity index (χ4n) is 2.58. The van der Waals surface area contributed by atoms with E-state index in [0.29, 0.717) is 5.92 Å². The van der Waals surface area contributed by atoms with Crippen LogP contribution in [0.15, 0.2) is 23.3 Å². The van der Waals surface area contributed by atoms with Crippen LogP contribution in [0.1, 0.15) is 12.0 Å². The molecule has 0 radical (unpaired) electrons. The Labute approximate surface area is 133 Å². The molecule has 1 aromatic heterocycles. The van der Waals surface area contributed by atoms with Gasteiger partial charge in [0.15, 0.2) is 5.96 Å². The van der Waals surface area contributed by atoms with Crippen molar-refractivity contribution in [3.05, 3.63) is 23.9 Å². The van der Waals surface area contributed by atoms with E-state index < -0.39 is 0 Å². The van der Waals surface area contributed by atoms with Crippen LogP contribution in [0.3, 0.4) is 0 Å². The molecule has 6 heteroatoms. The van der Waals surface area contributed by atoms with E-state index in [4.69, 9.17) is 4.74 Å². The summed E-state index contributed by atoms with van der Waals surface area (Å²) >= 11 is 0. The molecule has 0 amide bonds. The first-order valence-corrected chi connectivity index (χ1v) is 7.72. The monoisotopic (exact) mass is 305 g/mol. The van der Waals surface area contributed by atoms with E-state index >= 15 is 0 Å². The minimum atomic E-state index is 0.602. The molecule has 1 aliphatic rings. The summed E-state index contributed by atoms with van der Waals surface area (Å²) in [4.78, 5) is 12.9. The molecular weight excluding hydrogens is 278 g/mol. The van der Waals surface area contributed by atoms with Crippen LogP contribution in [-0.2, 0) is 11.3 Å². The van der Waals surface area contributed by atoms with E-state index in [0.717, 1.165) is 44.5 Å². The first-order chi connectivity index (χ1) is 10.6. The van der Waals surface area contributed by atoms with Gasteiger partial charge in [0.05, 0.1) is 6.61 Å². The molecular formula is C16H27N5O. The summed E-state index contributed by atoms with van der Waals surface area (Å²) in [6.07, 6.45) is 2.98. The molecule has 2 heterocycles. The molecule has 22 heavy (non-hydrogen) atoms. The van der Waals surface area contributed by atoms with Gasteiger partial charge in [0.25, 0.3) is 0 Å². The Morgan fingerprint density at radius 1 is 1.45 bits per heavy atom. The highest BCUT2D eigenvalue weighted by molar-refractivity contribution is 5.79. The van der Waals surface area contributed by atoms with Crippen molar-refractivity contribution in [2.45, 2.75) is 13.0 Å². The average Bonchev–Trinajstić information content (AvgIpc) is 3.01. The van der Waals surface area contributed by atoms with E-state index in [-0.39, 0.29) is 0 Å². The Morgan fingerprint density at radius 3 is 2.91 bits per heavy atom. The van der Waals surface area contributed by atoms with Crippen LogP contribution < -0.4 is 10.2 Å². The van der Waals surface area contributed by atoms with Gasteiger partial charge in [-0.15, -0.1) is 0 Å². The SMILES string of the molecule is CN=C(NCc1ccnc(N(C)C)c1)N(C)CC1CCOC1. The van der Waals surface area contributed by atoms with Gasteiger partial charge in [0, 0.05) is 60.0 Å². The summed E-state index contributed by atoms with van der Waals surface area (Å²) < 4.78 is 5.44. The van der Waals surface area contributed by atoms with Gasteiger partial charge in [-0.05, 0) is 24.1 Å². The summed E-state index contributed by atoms with van der Waals surface area (Å²) in [6, 6.07) is 4.11. The second-order valence-electron chi connectivity index (χ2n) is 5.93. The lowest BCUT2D eigenvalue weighted by Gasteiger charge is -2.24. The Hall–Kier alpha value is -1.82. The molecule has 1 atom stereocenters. The first-order valence-electron chi connectivity index (χ1n) is 7.72. The Kier molecular flexibility index (Phi) is 6.00. The van der Waals surface area contributed by atoms with Crippen molar-refractivity contribution in [2.75, 3.05) is 52.8 Å². The Bertz CT molecular complexity index is 497. The van der Waals surface area contributed by atoms with Crippen molar-refractivity contribution < 1.29 is 4.74 Å². The van der Waals surface area contributed by atoms with Gasteiger partial charge >= 0.3 is 0 Å². The number of aromatic nitrogens is 1. The van der Waals surface area contributed by atoms with Crippen molar-refractivity contribution >= 4 is 11.8 Å². The number of guanidine groups is 1. The average molecular weight is 305 g/mol. The molecule has 1 saturated heterocycles. The van der Waals surface area contributed by atoms with Gasteiger partial charge in [-0.2, -0.15) is 0 Å². The number of hydrogen-bond acceptors (Lipinski definition) is 4. The predicted molar refractivity (Wildman–Crippen MR) is 90.3 cm³/mol. The van der Waals surface area contributed by atoms with E-state index in [2.05, 4.69) is 33.3 Å². The number of pyridine rings is 1. The summed E-state index contributed by atoms with van der Waals surface area (Å²) in [7, 11) is 7.89. The lowest BCUT2D eigenvalue weighted by atomic mass is 10.1. The Balaban J connectivity index is 1.89. The van der Waals surface area contributed by atoms with Crippen LogP contribution in [0.2, 0.25) is 0 Å². The quantitative estimate of drug-likeness (QED) is 0.654. The van der Waals surface area contributed by atoms with Crippen LogP contribution in [0, 0.1) is 5.92 Å². The molecule has 1 fully saturated rings. The highest BCUT2D eigenvalue weighted by Crippen LogP contribution is 2.13. The summed E-state index contributed by atoms with van der Waals surface area (Å²) in [6.45, 7) is 3.45. The Morgan fingerprint density at radius 2 is 2.27 bits per heavy atom. The standard InChI is InChI=1S/C16H27N5O/c1-17-16(21(4)11-14-6-8-22-12-14)19-10-13-5-7-18-15(9-13)20(2)3/h5,7,9,14H,6,8,10-12H2,1-4H3,(H,17,19). The molecule has 0 aromatic carbocycles. The van der Waals surface area contributed by atoms with Gasteiger partial charge < -0.3 is 19.9 Å². The van der Waals surface area contributed by atoms with Gasteiger partial charge in [-0.25, -0.2) is 4.98 Å². The van der Waals surface area contributed by atoms with Crippen LogP contribution in [0.5, 0.6) is 0 Å². The normalized spacial score (nSPS) is 18.4. The van der Waals surface area contributed by atoms with E-state index in [1.54, 1.807) is 0 Å². The second kappa shape index (κ2) is 7.98. The van der Waals surface area contributed by atoms with Crippen molar-refractivity contribution in [2.24, 2.45) is 10.9 Å². The smallest absolute Gasteiger partial charge is 0.193 e. The molecule has 122 valence electrons. The molecule has 1 aromatic rings. The highest BCUT2D eigenvalue weighted by Gasteiger charge is 2.18. The maximum absolute atomic E-state index is 5.44. The zero-order valence-corrected chi connectivity index (χ0v) is 14.0. The van der Waals surface area contributed by atoms with Gasteiger partial charge in [0.2, 0.25) is 0 Å². The number of anilines is 1. The van der Waals surface area contributed by atoms with E-state index in [1.807, 2.05) is 38.3 Å². The van der Waals surface area contributed by atoms with Gasteiger partial charge in [0.1, 0.15) is 5.82 Å². The van der Waals surface area contributed by atoms with Gasteiger partial charge in [-0.3, -0.25) is 4.99 Å². The lowest BCUT2D eigenvalue weighted by Crippen LogP contribution is -2.41. The maximum Gasteiger partial charge on any atom is 0.193 e. The van der Waals surface area contributed by atoms with Crippen molar-refractivity contribution in [1.29, 1.82) is 0 Å². The lowest BCUT2D eigenvalue weighted by molar-refractivity contribution is 0.181. The fourth-order valence-corrected chi connectivity index (χ4v) is 2.58. The molecule has 2 rings (SSSR count). The number of aliphatic imine (C=N–C) groups is 1. The van der Waals surface area contributed by atoms with Crippen LogP contribution >= 0.6 is 0 Å². The third kappa shape index (κ3) is 4.59.